The zero-order valence-corrected chi connectivity index (χ0v) is 8.26. The van der Waals surface area contributed by atoms with Crippen molar-refractivity contribution < 1.29 is 10.2 Å². The standard InChI is InChI=1S/C11H20O2/c1-10(5-8-12)9-11(13)6-3-2-4-7-11/h12-13H,1-9H2. The molecule has 1 rings (SSSR count). The van der Waals surface area contributed by atoms with E-state index in [-0.39, 0.29) is 6.61 Å². The quantitative estimate of drug-likeness (QED) is 0.656. The molecule has 1 fully saturated rings. The summed E-state index contributed by atoms with van der Waals surface area (Å²) in [4.78, 5) is 0. The SMILES string of the molecule is C=C(CCO)CC1(O)CCCCC1. The molecule has 0 amide bonds. The molecule has 1 saturated carbocycles. The Kier molecular flexibility index (Phi) is 3.94. The highest BCUT2D eigenvalue weighted by Crippen LogP contribution is 2.33. The van der Waals surface area contributed by atoms with Gasteiger partial charge in [-0.15, -0.1) is 0 Å². The predicted molar refractivity (Wildman–Crippen MR) is 53.5 cm³/mol. The van der Waals surface area contributed by atoms with Gasteiger partial charge < -0.3 is 10.2 Å². The van der Waals surface area contributed by atoms with E-state index in [0.717, 1.165) is 31.3 Å². The van der Waals surface area contributed by atoms with Crippen molar-refractivity contribution in [3.63, 3.8) is 0 Å². The van der Waals surface area contributed by atoms with E-state index in [0.29, 0.717) is 12.8 Å². The van der Waals surface area contributed by atoms with Crippen molar-refractivity contribution in [1.29, 1.82) is 0 Å². The van der Waals surface area contributed by atoms with Gasteiger partial charge in [0.25, 0.3) is 0 Å². The number of hydrogen-bond donors (Lipinski definition) is 2. The van der Waals surface area contributed by atoms with Crippen LogP contribution in [-0.2, 0) is 0 Å². The summed E-state index contributed by atoms with van der Waals surface area (Å²) >= 11 is 0. The van der Waals surface area contributed by atoms with Gasteiger partial charge in [-0.3, -0.25) is 0 Å². The van der Waals surface area contributed by atoms with Gasteiger partial charge in [0.05, 0.1) is 5.60 Å². The zero-order valence-electron chi connectivity index (χ0n) is 8.26. The van der Waals surface area contributed by atoms with Crippen LogP contribution in [0, 0.1) is 0 Å². The van der Waals surface area contributed by atoms with E-state index in [1.807, 2.05) is 0 Å². The fourth-order valence-electron chi connectivity index (χ4n) is 2.10. The highest BCUT2D eigenvalue weighted by Gasteiger charge is 2.29. The molecule has 0 aliphatic heterocycles. The van der Waals surface area contributed by atoms with E-state index in [1.165, 1.54) is 6.42 Å². The first-order valence-electron chi connectivity index (χ1n) is 5.16. The average molecular weight is 184 g/mol. The van der Waals surface area contributed by atoms with E-state index in [4.69, 9.17) is 5.11 Å². The minimum atomic E-state index is -0.509. The fourth-order valence-corrected chi connectivity index (χ4v) is 2.10. The Balaban J connectivity index is 2.36. The largest absolute Gasteiger partial charge is 0.396 e. The van der Waals surface area contributed by atoms with Crippen LogP contribution in [0.5, 0.6) is 0 Å². The first-order chi connectivity index (χ1) is 6.16. The molecule has 13 heavy (non-hydrogen) atoms. The third-order valence-corrected chi connectivity index (χ3v) is 2.83. The molecule has 0 spiro atoms. The van der Waals surface area contributed by atoms with E-state index < -0.39 is 5.60 Å². The second kappa shape index (κ2) is 4.77. The second-order valence-electron chi connectivity index (χ2n) is 4.19. The molecular formula is C11H20O2. The number of aliphatic hydroxyl groups excluding tert-OH is 1. The third-order valence-electron chi connectivity index (χ3n) is 2.83. The van der Waals surface area contributed by atoms with Crippen molar-refractivity contribution in [2.75, 3.05) is 6.61 Å². The van der Waals surface area contributed by atoms with Gasteiger partial charge in [-0.2, -0.15) is 0 Å². The molecule has 0 heterocycles. The molecular weight excluding hydrogens is 164 g/mol. The van der Waals surface area contributed by atoms with Crippen molar-refractivity contribution in [3.05, 3.63) is 12.2 Å². The first kappa shape index (κ1) is 10.7. The normalized spacial score (nSPS) is 21.4. The lowest BCUT2D eigenvalue weighted by molar-refractivity contribution is 0.00368. The van der Waals surface area contributed by atoms with Crippen molar-refractivity contribution in [2.45, 2.75) is 50.5 Å². The Morgan fingerprint density at radius 1 is 1.23 bits per heavy atom. The Morgan fingerprint density at radius 2 is 1.85 bits per heavy atom. The van der Waals surface area contributed by atoms with Gasteiger partial charge in [0.1, 0.15) is 0 Å². The molecule has 0 aromatic rings. The Labute approximate surface area is 80.3 Å². The molecule has 1 aliphatic carbocycles. The van der Waals surface area contributed by atoms with E-state index in [1.54, 1.807) is 0 Å². The number of aliphatic hydroxyl groups is 2. The first-order valence-corrected chi connectivity index (χ1v) is 5.16. The predicted octanol–water partition coefficient (Wildman–Crippen LogP) is 2.01. The van der Waals surface area contributed by atoms with Gasteiger partial charge in [-0.1, -0.05) is 31.4 Å². The molecule has 2 N–H and O–H groups in total. The highest BCUT2D eigenvalue weighted by atomic mass is 16.3. The monoisotopic (exact) mass is 184 g/mol. The average Bonchev–Trinajstić information content (AvgIpc) is 2.04. The zero-order chi connectivity index (χ0) is 9.73. The van der Waals surface area contributed by atoms with Gasteiger partial charge in [-0.25, -0.2) is 0 Å². The van der Waals surface area contributed by atoms with Crippen LogP contribution in [0.15, 0.2) is 12.2 Å². The maximum atomic E-state index is 10.1. The van der Waals surface area contributed by atoms with Gasteiger partial charge >= 0.3 is 0 Å². The lowest BCUT2D eigenvalue weighted by atomic mass is 9.80. The van der Waals surface area contributed by atoms with E-state index in [2.05, 4.69) is 6.58 Å². The van der Waals surface area contributed by atoms with Crippen LogP contribution in [0.2, 0.25) is 0 Å². The Morgan fingerprint density at radius 3 is 2.38 bits per heavy atom. The summed E-state index contributed by atoms with van der Waals surface area (Å²) in [5, 5.41) is 18.8. The number of rotatable bonds is 4. The summed E-state index contributed by atoms with van der Waals surface area (Å²) in [7, 11) is 0. The molecule has 0 unspecified atom stereocenters. The molecule has 0 atom stereocenters. The van der Waals surface area contributed by atoms with E-state index >= 15 is 0 Å². The van der Waals surface area contributed by atoms with Crippen LogP contribution in [0.4, 0.5) is 0 Å². The smallest absolute Gasteiger partial charge is 0.0684 e. The van der Waals surface area contributed by atoms with E-state index in [9.17, 15) is 5.11 Å². The van der Waals surface area contributed by atoms with Gasteiger partial charge in [0, 0.05) is 6.61 Å². The summed E-state index contributed by atoms with van der Waals surface area (Å²) in [6.07, 6.45) is 6.60. The van der Waals surface area contributed by atoms with Gasteiger partial charge in [0.2, 0.25) is 0 Å². The Hall–Kier alpha value is -0.340. The Bertz CT molecular complexity index is 169. The molecule has 2 heteroatoms. The summed E-state index contributed by atoms with van der Waals surface area (Å²) < 4.78 is 0. The van der Waals surface area contributed by atoms with Crippen molar-refractivity contribution >= 4 is 0 Å². The van der Waals surface area contributed by atoms with Crippen molar-refractivity contribution in [2.24, 2.45) is 0 Å². The lowest BCUT2D eigenvalue weighted by Gasteiger charge is -2.32. The van der Waals surface area contributed by atoms with Crippen LogP contribution in [0.1, 0.15) is 44.9 Å². The summed E-state index contributed by atoms with van der Waals surface area (Å²) in [6.45, 7) is 4.01. The summed E-state index contributed by atoms with van der Waals surface area (Å²) in [5.74, 6) is 0. The van der Waals surface area contributed by atoms with Crippen molar-refractivity contribution in [1.82, 2.24) is 0 Å². The molecule has 0 saturated heterocycles. The van der Waals surface area contributed by atoms with Crippen LogP contribution < -0.4 is 0 Å². The van der Waals surface area contributed by atoms with Crippen LogP contribution in [0.3, 0.4) is 0 Å². The highest BCUT2D eigenvalue weighted by molar-refractivity contribution is 5.02. The lowest BCUT2D eigenvalue weighted by Crippen LogP contribution is -2.31. The maximum Gasteiger partial charge on any atom is 0.0684 e. The number of hydrogen-bond acceptors (Lipinski definition) is 2. The molecule has 1 aliphatic rings. The summed E-state index contributed by atoms with van der Waals surface area (Å²) in [5.41, 5.74) is 0.469. The second-order valence-corrected chi connectivity index (χ2v) is 4.19. The molecule has 76 valence electrons. The third kappa shape index (κ3) is 3.49. The van der Waals surface area contributed by atoms with Crippen LogP contribution in [0.25, 0.3) is 0 Å². The maximum absolute atomic E-state index is 10.1. The molecule has 0 aromatic heterocycles. The van der Waals surface area contributed by atoms with Crippen LogP contribution in [-0.4, -0.2) is 22.4 Å². The van der Waals surface area contributed by atoms with Gasteiger partial charge in [-0.05, 0) is 25.7 Å². The fraction of sp³-hybridized carbons (Fsp3) is 0.818. The van der Waals surface area contributed by atoms with Crippen molar-refractivity contribution in [3.8, 4) is 0 Å². The molecule has 0 radical (unpaired) electrons. The van der Waals surface area contributed by atoms with Gasteiger partial charge in [0.15, 0.2) is 0 Å². The van der Waals surface area contributed by atoms with Crippen LogP contribution >= 0.6 is 0 Å². The topological polar surface area (TPSA) is 40.5 Å². The minimum absolute atomic E-state index is 0.148. The minimum Gasteiger partial charge on any atom is -0.396 e. The molecule has 2 nitrogen and oxygen atoms in total. The molecule has 0 aromatic carbocycles. The molecule has 0 bridgehead atoms. The summed E-state index contributed by atoms with van der Waals surface area (Å²) in [6, 6.07) is 0.